The molecular formula is C23H24ClNO4. The van der Waals surface area contributed by atoms with Gasteiger partial charge in [-0.2, -0.15) is 0 Å². The molecule has 1 N–H and O–H groups in total. The lowest BCUT2D eigenvalue weighted by molar-refractivity contribution is -0.139. The summed E-state index contributed by atoms with van der Waals surface area (Å²) in [5.41, 5.74) is 2.26. The molecule has 2 aromatic rings. The van der Waals surface area contributed by atoms with Gasteiger partial charge < -0.3 is 14.7 Å². The number of carbonyl (C=O) groups is 2. The number of ketones is 1. The molecule has 152 valence electrons. The average molecular weight is 414 g/mol. The fourth-order valence-electron chi connectivity index (χ4n) is 3.59. The molecule has 0 radical (unpaired) electrons. The molecule has 0 bridgehead atoms. The Hall–Kier alpha value is -2.79. The number of unbranched alkanes of at least 4 members (excludes halogenated alkanes) is 1. The van der Waals surface area contributed by atoms with Gasteiger partial charge in [-0.25, -0.2) is 0 Å². The Morgan fingerprint density at radius 1 is 1.21 bits per heavy atom. The van der Waals surface area contributed by atoms with Gasteiger partial charge >= 0.3 is 0 Å². The maximum absolute atomic E-state index is 12.9. The van der Waals surface area contributed by atoms with Crippen molar-refractivity contribution in [2.45, 2.75) is 32.7 Å². The van der Waals surface area contributed by atoms with E-state index in [1.165, 1.54) is 7.11 Å². The Bertz CT molecular complexity index is 983. The SMILES string of the molecule is CCCCN1C(=O)C(=O)/C(=C(\O)c2ccc(Cl)c(OC)c2)C1c1cccc(C)c1. The molecule has 1 saturated heterocycles. The third-order valence-corrected chi connectivity index (χ3v) is 5.39. The van der Waals surface area contributed by atoms with Crippen LogP contribution in [0, 0.1) is 6.92 Å². The lowest BCUT2D eigenvalue weighted by Gasteiger charge is -2.25. The maximum atomic E-state index is 12.9. The van der Waals surface area contributed by atoms with E-state index in [1.54, 1.807) is 23.1 Å². The van der Waals surface area contributed by atoms with E-state index in [0.717, 1.165) is 24.0 Å². The van der Waals surface area contributed by atoms with Crippen molar-refractivity contribution in [1.29, 1.82) is 0 Å². The van der Waals surface area contributed by atoms with Crippen molar-refractivity contribution >= 4 is 29.1 Å². The van der Waals surface area contributed by atoms with Crippen molar-refractivity contribution in [3.63, 3.8) is 0 Å². The summed E-state index contributed by atoms with van der Waals surface area (Å²) < 4.78 is 5.22. The summed E-state index contributed by atoms with van der Waals surface area (Å²) in [5, 5.41) is 11.4. The fourth-order valence-corrected chi connectivity index (χ4v) is 3.78. The monoisotopic (exact) mass is 413 g/mol. The van der Waals surface area contributed by atoms with Gasteiger partial charge in [0.1, 0.15) is 11.5 Å². The molecule has 1 unspecified atom stereocenters. The molecule has 5 nitrogen and oxygen atoms in total. The normalized spacial score (nSPS) is 18.3. The van der Waals surface area contributed by atoms with Gasteiger partial charge in [0, 0.05) is 12.1 Å². The first-order valence-corrected chi connectivity index (χ1v) is 9.95. The van der Waals surface area contributed by atoms with Crippen molar-refractivity contribution in [3.05, 3.63) is 69.8 Å². The predicted molar refractivity (Wildman–Crippen MR) is 113 cm³/mol. The molecule has 0 spiro atoms. The standard InChI is InChI=1S/C23H24ClNO4/c1-4-5-11-25-20(15-8-6-7-14(2)12-15)19(22(27)23(25)28)21(26)16-9-10-17(24)18(13-16)29-3/h6-10,12-13,20,26H,4-5,11H2,1-3H3/b21-19-. The molecule has 29 heavy (non-hydrogen) atoms. The number of amides is 1. The Kier molecular flexibility index (Phi) is 6.28. The molecule has 1 heterocycles. The van der Waals surface area contributed by atoms with Crippen molar-refractivity contribution < 1.29 is 19.4 Å². The third-order valence-electron chi connectivity index (χ3n) is 5.07. The first-order chi connectivity index (χ1) is 13.9. The number of Topliss-reactive ketones (excluding diaryl/α,β-unsaturated/α-hetero) is 1. The highest BCUT2D eigenvalue weighted by atomic mass is 35.5. The lowest BCUT2D eigenvalue weighted by atomic mass is 9.94. The minimum Gasteiger partial charge on any atom is -0.507 e. The van der Waals surface area contributed by atoms with Crippen LogP contribution in [-0.2, 0) is 9.59 Å². The predicted octanol–water partition coefficient (Wildman–Crippen LogP) is 4.88. The van der Waals surface area contributed by atoms with Crippen LogP contribution in [0.3, 0.4) is 0 Å². The zero-order chi connectivity index (χ0) is 21.1. The van der Waals surface area contributed by atoms with E-state index in [4.69, 9.17) is 16.3 Å². The highest BCUT2D eigenvalue weighted by Gasteiger charge is 2.45. The second kappa shape index (κ2) is 8.70. The van der Waals surface area contributed by atoms with Crippen LogP contribution in [0.2, 0.25) is 5.02 Å². The second-order valence-electron chi connectivity index (χ2n) is 7.11. The van der Waals surface area contributed by atoms with Crippen LogP contribution >= 0.6 is 11.6 Å². The van der Waals surface area contributed by atoms with Gasteiger partial charge in [0.2, 0.25) is 0 Å². The molecule has 3 rings (SSSR count). The van der Waals surface area contributed by atoms with E-state index >= 15 is 0 Å². The zero-order valence-corrected chi connectivity index (χ0v) is 17.5. The largest absolute Gasteiger partial charge is 0.507 e. The molecule has 1 aliphatic heterocycles. The number of aryl methyl sites for hydroxylation is 1. The summed E-state index contributed by atoms with van der Waals surface area (Å²) in [6, 6.07) is 11.8. The molecule has 1 atom stereocenters. The molecule has 0 aliphatic carbocycles. The van der Waals surface area contributed by atoms with Crippen LogP contribution in [0.25, 0.3) is 5.76 Å². The van der Waals surface area contributed by atoms with Gasteiger partial charge in [-0.1, -0.05) is 54.8 Å². The first kappa shape index (κ1) is 20.9. The van der Waals surface area contributed by atoms with Gasteiger partial charge in [0.15, 0.2) is 0 Å². The van der Waals surface area contributed by atoms with Crippen LogP contribution in [0.5, 0.6) is 5.75 Å². The number of hydrogen-bond acceptors (Lipinski definition) is 4. The van der Waals surface area contributed by atoms with E-state index in [-0.39, 0.29) is 11.3 Å². The third kappa shape index (κ3) is 4.01. The second-order valence-corrected chi connectivity index (χ2v) is 7.52. The van der Waals surface area contributed by atoms with Crippen LogP contribution in [0.1, 0.15) is 42.5 Å². The van der Waals surface area contributed by atoms with Crippen molar-refractivity contribution in [2.24, 2.45) is 0 Å². The van der Waals surface area contributed by atoms with Crippen LogP contribution < -0.4 is 4.74 Å². The van der Waals surface area contributed by atoms with Crippen molar-refractivity contribution in [1.82, 2.24) is 4.90 Å². The Balaban J connectivity index is 2.18. The minimum atomic E-state index is -0.681. The molecular weight excluding hydrogens is 390 g/mol. The number of hydrogen-bond donors (Lipinski definition) is 1. The number of benzene rings is 2. The number of rotatable bonds is 6. The van der Waals surface area contributed by atoms with Crippen molar-refractivity contribution in [2.75, 3.05) is 13.7 Å². The number of methoxy groups -OCH3 is 1. The number of nitrogens with zero attached hydrogens (tertiary/aromatic N) is 1. The van der Waals surface area contributed by atoms with Crippen LogP contribution in [0.15, 0.2) is 48.0 Å². The molecule has 6 heteroatoms. The topological polar surface area (TPSA) is 66.8 Å². The summed E-state index contributed by atoms with van der Waals surface area (Å²) in [4.78, 5) is 27.3. The number of halogens is 1. The van der Waals surface area contributed by atoms with Gasteiger partial charge in [-0.3, -0.25) is 9.59 Å². The Morgan fingerprint density at radius 3 is 2.62 bits per heavy atom. The lowest BCUT2D eigenvalue weighted by Crippen LogP contribution is -2.30. The van der Waals surface area contributed by atoms with E-state index in [2.05, 4.69) is 0 Å². The molecule has 0 saturated carbocycles. The maximum Gasteiger partial charge on any atom is 0.295 e. The zero-order valence-electron chi connectivity index (χ0n) is 16.7. The highest BCUT2D eigenvalue weighted by Crippen LogP contribution is 2.40. The summed E-state index contributed by atoms with van der Waals surface area (Å²) in [7, 11) is 1.47. The number of aliphatic hydroxyl groups is 1. The number of carbonyl (C=O) groups excluding carboxylic acids is 2. The van der Waals surface area contributed by atoms with E-state index in [1.807, 2.05) is 38.1 Å². The van der Waals surface area contributed by atoms with Gasteiger partial charge in [-0.15, -0.1) is 0 Å². The van der Waals surface area contributed by atoms with E-state index in [9.17, 15) is 14.7 Å². The first-order valence-electron chi connectivity index (χ1n) is 9.58. The van der Waals surface area contributed by atoms with Gasteiger partial charge in [0.25, 0.3) is 11.7 Å². The summed E-state index contributed by atoms with van der Waals surface area (Å²) in [6.45, 7) is 4.42. The summed E-state index contributed by atoms with van der Waals surface area (Å²) in [5.74, 6) is -1.13. The number of likely N-dealkylation sites (tertiary alicyclic amines) is 1. The van der Waals surface area contributed by atoms with E-state index in [0.29, 0.717) is 22.9 Å². The Labute approximate surface area is 175 Å². The van der Waals surface area contributed by atoms with E-state index < -0.39 is 17.7 Å². The van der Waals surface area contributed by atoms with Crippen LogP contribution in [0.4, 0.5) is 0 Å². The number of ether oxygens (including phenoxy) is 1. The van der Waals surface area contributed by atoms with Gasteiger partial charge in [-0.05, 0) is 37.1 Å². The fraction of sp³-hybridized carbons (Fsp3) is 0.304. The van der Waals surface area contributed by atoms with Gasteiger partial charge in [0.05, 0.1) is 23.7 Å². The summed E-state index contributed by atoms with van der Waals surface area (Å²) in [6.07, 6.45) is 1.65. The van der Waals surface area contributed by atoms with Crippen LogP contribution in [-0.4, -0.2) is 35.4 Å². The van der Waals surface area contributed by atoms with Crippen molar-refractivity contribution in [3.8, 4) is 5.75 Å². The smallest absolute Gasteiger partial charge is 0.295 e. The molecule has 1 aliphatic rings. The molecule has 1 amide bonds. The Morgan fingerprint density at radius 2 is 1.97 bits per heavy atom. The minimum absolute atomic E-state index is 0.0843. The molecule has 0 aromatic heterocycles. The number of aliphatic hydroxyl groups excluding tert-OH is 1. The molecule has 2 aromatic carbocycles. The summed E-state index contributed by atoms with van der Waals surface area (Å²) >= 11 is 6.08. The quantitative estimate of drug-likeness (QED) is 0.416. The average Bonchev–Trinajstić information content (AvgIpc) is 2.96. The highest BCUT2D eigenvalue weighted by molar-refractivity contribution is 6.46. The molecule has 1 fully saturated rings.